The van der Waals surface area contributed by atoms with E-state index in [4.69, 9.17) is 4.74 Å². The minimum atomic E-state index is -0.600. The maximum atomic E-state index is 11.7. The van der Waals surface area contributed by atoms with Crippen molar-refractivity contribution in [1.82, 2.24) is 0 Å². The fourth-order valence-corrected chi connectivity index (χ4v) is 2.55. The smallest absolute Gasteiger partial charge is 0.303 e. The number of ether oxygens (including phenoxy) is 1. The predicted molar refractivity (Wildman–Crippen MR) is 59.7 cm³/mol. The Morgan fingerprint density at radius 1 is 1.50 bits per heavy atom. The summed E-state index contributed by atoms with van der Waals surface area (Å²) < 4.78 is 5.16. The van der Waals surface area contributed by atoms with E-state index in [2.05, 4.69) is 19.1 Å². The normalized spacial score (nSPS) is 37.0. The van der Waals surface area contributed by atoms with Crippen LogP contribution < -0.4 is 0 Å². The van der Waals surface area contributed by atoms with Crippen molar-refractivity contribution in [3.63, 3.8) is 0 Å². The SMILES string of the molecule is CC(=O)O[C@@H]1C(=O)C=C[C@@]2(C)CC=CC[C@@H]12. The van der Waals surface area contributed by atoms with E-state index in [1.165, 1.54) is 6.92 Å². The second kappa shape index (κ2) is 3.89. The summed E-state index contributed by atoms with van der Waals surface area (Å²) in [6.45, 7) is 3.46. The summed E-state index contributed by atoms with van der Waals surface area (Å²) in [6, 6.07) is 0. The van der Waals surface area contributed by atoms with Crippen LogP contribution in [0.25, 0.3) is 0 Å². The molecule has 3 nitrogen and oxygen atoms in total. The van der Waals surface area contributed by atoms with Crippen molar-refractivity contribution in [2.24, 2.45) is 11.3 Å². The van der Waals surface area contributed by atoms with Gasteiger partial charge in [0, 0.05) is 12.8 Å². The molecule has 0 aromatic rings. The number of hydrogen-bond acceptors (Lipinski definition) is 3. The highest BCUT2D eigenvalue weighted by atomic mass is 16.5. The van der Waals surface area contributed by atoms with Gasteiger partial charge in [-0.3, -0.25) is 9.59 Å². The first-order valence-electron chi connectivity index (χ1n) is 5.58. The maximum absolute atomic E-state index is 11.7. The molecule has 16 heavy (non-hydrogen) atoms. The third-order valence-corrected chi connectivity index (χ3v) is 3.53. The van der Waals surface area contributed by atoms with Gasteiger partial charge in [0.1, 0.15) is 0 Å². The summed E-state index contributed by atoms with van der Waals surface area (Å²) in [6.07, 6.45) is 8.81. The number of esters is 1. The van der Waals surface area contributed by atoms with Crippen LogP contribution in [-0.2, 0) is 14.3 Å². The van der Waals surface area contributed by atoms with Gasteiger partial charge in [-0.1, -0.05) is 25.2 Å². The molecule has 0 saturated carbocycles. The molecule has 3 atom stereocenters. The minimum absolute atomic E-state index is 0.0528. The molecule has 0 spiro atoms. The van der Waals surface area contributed by atoms with Gasteiger partial charge >= 0.3 is 5.97 Å². The molecule has 0 bridgehead atoms. The zero-order valence-electron chi connectivity index (χ0n) is 9.60. The summed E-state index contributed by atoms with van der Waals surface area (Å²) in [5, 5.41) is 0. The Labute approximate surface area is 95.2 Å². The first-order chi connectivity index (χ1) is 7.53. The van der Waals surface area contributed by atoms with Crippen molar-refractivity contribution < 1.29 is 14.3 Å². The van der Waals surface area contributed by atoms with Crippen LogP contribution in [0.2, 0.25) is 0 Å². The van der Waals surface area contributed by atoms with E-state index in [1.54, 1.807) is 6.08 Å². The fourth-order valence-electron chi connectivity index (χ4n) is 2.55. The second-order valence-electron chi connectivity index (χ2n) is 4.79. The molecular formula is C13H16O3. The summed E-state index contributed by atoms with van der Waals surface area (Å²) in [4.78, 5) is 22.8. The fraction of sp³-hybridized carbons (Fsp3) is 0.538. The molecule has 3 heteroatoms. The van der Waals surface area contributed by atoms with Crippen molar-refractivity contribution in [2.45, 2.75) is 32.8 Å². The van der Waals surface area contributed by atoms with E-state index in [0.717, 1.165) is 12.8 Å². The third kappa shape index (κ3) is 1.82. The van der Waals surface area contributed by atoms with E-state index >= 15 is 0 Å². The molecule has 0 fully saturated rings. The van der Waals surface area contributed by atoms with E-state index in [-0.39, 0.29) is 23.1 Å². The van der Waals surface area contributed by atoms with Crippen LogP contribution in [0.1, 0.15) is 26.7 Å². The van der Waals surface area contributed by atoms with E-state index in [1.807, 2.05) is 6.08 Å². The lowest BCUT2D eigenvalue weighted by Gasteiger charge is -2.42. The van der Waals surface area contributed by atoms with Crippen molar-refractivity contribution >= 4 is 11.8 Å². The van der Waals surface area contributed by atoms with Gasteiger partial charge in [0.15, 0.2) is 11.9 Å². The first-order valence-corrected chi connectivity index (χ1v) is 5.58. The molecule has 0 aromatic heterocycles. The standard InChI is InChI=1S/C13H16O3/c1-9(14)16-12-10-5-3-4-7-13(10,2)8-6-11(12)15/h3-4,6,8,10,12H,5,7H2,1-2H3/t10-,12-,13+/m0/s1. The van der Waals surface area contributed by atoms with Gasteiger partial charge in [0.05, 0.1) is 0 Å². The lowest BCUT2D eigenvalue weighted by molar-refractivity contribution is -0.158. The van der Waals surface area contributed by atoms with Crippen molar-refractivity contribution in [2.75, 3.05) is 0 Å². The minimum Gasteiger partial charge on any atom is -0.454 e. The number of rotatable bonds is 1. The Hall–Kier alpha value is -1.38. The summed E-state index contributed by atoms with van der Waals surface area (Å²) in [5.74, 6) is -0.391. The first kappa shape index (κ1) is 11.1. The zero-order valence-corrected chi connectivity index (χ0v) is 9.60. The molecule has 0 saturated heterocycles. The Balaban J connectivity index is 2.30. The average Bonchev–Trinajstić information content (AvgIpc) is 2.22. The molecule has 2 rings (SSSR count). The average molecular weight is 220 g/mol. The topological polar surface area (TPSA) is 43.4 Å². The van der Waals surface area contributed by atoms with Gasteiger partial charge in [0.2, 0.25) is 0 Å². The number of hydrogen-bond donors (Lipinski definition) is 0. The molecule has 0 N–H and O–H groups in total. The van der Waals surface area contributed by atoms with Crippen LogP contribution >= 0.6 is 0 Å². The second-order valence-corrected chi connectivity index (χ2v) is 4.79. The quantitative estimate of drug-likeness (QED) is 0.501. The van der Waals surface area contributed by atoms with Crippen LogP contribution in [0.5, 0.6) is 0 Å². The summed E-state index contributed by atoms with van der Waals surface area (Å²) >= 11 is 0. The van der Waals surface area contributed by atoms with Crippen molar-refractivity contribution in [3.05, 3.63) is 24.3 Å². The van der Waals surface area contributed by atoms with Gasteiger partial charge in [-0.2, -0.15) is 0 Å². The number of fused-ring (bicyclic) bond motifs is 1. The molecule has 86 valence electrons. The molecule has 2 aliphatic carbocycles. The lowest BCUT2D eigenvalue weighted by Crippen LogP contribution is -2.45. The van der Waals surface area contributed by atoms with Gasteiger partial charge in [-0.15, -0.1) is 0 Å². The lowest BCUT2D eigenvalue weighted by atomic mass is 9.64. The molecule has 0 aliphatic heterocycles. The Bertz CT molecular complexity index is 381. The van der Waals surface area contributed by atoms with E-state index < -0.39 is 6.10 Å². The van der Waals surface area contributed by atoms with Gasteiger partial charge in [-0.05, 0) is 24.3 Å². The molecule has 0 amide bonds. The monoisotopic (exact) mass is 220 g/mol. The largest absolute Gasteiger partial charge is 0.454 e. The highest BCUT2D eigenvalue weighted by Gasteiger charge is 2.44. The predicted octanol–water partition coefficient (Wildman–Crippen LogP) is 2.03. The number of ketones is 1. The zero-order chi connectivity index (χ0) is 11.8. The van der Waals surface area contributed by atoms with E-state index in [0.29, 0.717) is 0 Å². The van der Waals surface area contributed by atoms with Gasteiger partial charge < -0.3 is 4.74 Å². The Morgan fingerprint density at radius 3 is 2.94 bits per heavy atom. The van der Waals surface area contributed by atoms with Gasteiger partial charge in [0.25, 0.3) is 0 Å². The number of allylic oxidation sites excluding steroid dienone is 3. The van der Waals surface area contributed by atoms with Gasteiger partial charge in [-0.25, -0.2) is 0 Å². The molecule has 0 unspecified atom stereocenters. The van der Waals surface area contributed by atoms with Crippen molar-refractivity contribution in [1.29, 1.82) is 0 Å². The highest BCUT2D eigenvalue weighted by Crippen LogP contribution is 2.44. The molecule has 2 aliphatic rings. The number of carbonyl (C=O) groups is 2. The number of carbonyl (C=O) groups excluding carboxylic acids is 2. The molecule has 0 radical (unpaired) electrons. The Morgan fingerprint density at radius 2 is 2.25 bits per heavy atom. The van der Waals surface area contributed by atoms with Crippen LogP contribution in [0.4, 0.5) is 0 Å². The molecule has 0 aromatic carbocycles. The van der Waals surface area contributed by atoms with Crippen molar-refractivity contribution in [3.8, 4) is 0 Å². The Kier molecular flexibility index (Phi) is 2.70. The molecular weight excluding hydrogens is 204 g/mol. The van der Waals surface area contributed by atoms with E-state index in [9.17, 15) is 9.59 Å². The highest BCUT2D eigenvalue weighted by molar-refractivity contribution is 5.96. The van der Waals surface area contributed by atoms with Crippen LogP contribution in [0.3, 0.4) is 0 Å². The van der Waals surface area contributed by atoms with Crippen LogP contribution in [0, 0.1) is 11.3 Å². The molecule has 0 heterocycles. The third-order valence-electron chi connectivity index (χ3n) is 3.53. The van der Waals surface area contributed by atoms with Crippen LogP contribution in [0.15, 0.2) is 24.3 Å². The summed E-state index contributed by atoms with van der Waals surface area (Å²) in [7, 11) is 0. The maximum Gasteiger partial charge on any atom is 0.303 e. The summed E-state index contributed by atoms with van der Waals surface area (Å²) in [5.41, 5.74) is -0.0528. The van der Waals surface area contributed by atoms with Crippen LogP contribution in [-0.4, -0.2) is 17.9 Å².